The van der Waals surface area contributed by atoms with Crippen LogP contribution in [0.25, 0.3) is 0 Å². The number of benzene rings is 1. The van der Waals surface area contributed by atoms with Crippen molar-refractivity contribution in [3.63, 3.8) is 0 Å². The molecule has 0 bridgehead atoms. The van der Waals surface area contributed by atoms with Crippen LogP contribution in [0.3, 0.4) is 0 Å². The highest BCUT2D eigenvalue weighted by Gasteiger charge is 2.32. The maximum Gasteiger partial charge on any atom is 0.120 e. The van der Waals surface area contributed by atoms with E-state index in [0.717, 1.165) is 30.1 Å². The molecule has 0 spiro atoms. The highest BCUT2D eigenvalue weighted by Crippen LogP contribution is 2.37. The SMILES string of the molecule is COc1ccc(C(N)=S)c(N2CCC(C(C)(C)C)C2)c1. The summed E-state index contributed by atoms with van der Waals surface area (Å²) in [5.74, 6) is 1.53. The molecule has 1 aliphatic heterocycles. The Hall–Kier alpha value is -1.29. The highest BCUT2D eigenvalue weighted by molar-refractivity contribution is 7.80. The van der Waals surface area contributed by atoms with Crippen molar-refractivity contribution in [3.8, 4) is 5.75 Å². The predicted molar refractivity (Wildman–Crippen MR) is 88.7 cm³/mol. The number of anilines is 1. The van der Waals surface area contributed by atoms with Gasteiger partial charge in [-0.1, -0.05) is 33.0 Å². The second kappa shape index (κ2) is 5.60. The van der Waals surface area contributed by atoms with Crippen LogP contribution in [0.5, 0.6) is 5.75 Å². The van der Waals surface area contributed by atoms with Crippen molar-refractivity contribution in [2.45, 2.75) is 27.2 Å². The summed E-state index contributed by atoms with van der Waals surface area (Å²) in [6.07, 6.45) is 1.21. The lowest BCUT2D eigenvalue weighted by molar-refractivity contribution is 0.263. The summed E-state index contributed by atoms with van der Waals surface area (Å²) in [6.45, 7) is 9.01. The van der Waals surface area contributed by atoms with Crippen LogP contribution >= 0.6 is 12.2 Å². The van der Waals surface area contributed by atoms with E-state index in [1.165, 1.54) is 6.42 Å². The molecule has 3 nitrogen and oxygen atoms in total. The van der Waals surface area contributed by atoms with Gasteiger partial charge in [0.05, 0.1) is 12.8 Å². The van der Waals surface area contributed by atoms with Crippen molar-refractivity contribution in [1.29, 1.82) is 0 Å². The predicted octanol–water partition coefficient (Wildman–Crippen LogP) is 3.20. The lowest BCUT2D eigenvalue weighted by Crippen LogP contribution is -2.27. The molecular weight excluding hydrogens is 268 g/mol. The second-order valence-corrected chi connectivity index (χ2v) is 6.98. The standard InChI is InChI=1S/C16H24N2OS/c1-16(2,3)11-7-8-18(10-11)14-9-12(19-4)5-6-13(14)15(17)20/h5-6,9,11H,7-8,10H2,1-4H3,(H2,17,20). The number of nitrogens with two attached hydrogens (primary N) is 1. The number of nitrogens with zero attached hydrogens (tertiary/aromatic N) is 1. The summed E-state index contributed by atoms with van der Waals surface area (Å²) in [7, 11) is 1.68. The molecule has 2 N–H and O–H groups in total. The molecule has 1 aliphatic rings. The van der Waals surface area contributed by atoms with E-state index in [9.17, 15) is 0 Å². The molecule has 0 aromatic heterocycles. The zero-order valence-electron chi connectivity index (χ0n) is 12.8. The van der Waals surface area contributed by atoms with Crippen LogP contribution in [0.1, 0.15) is 32.8 Å². The number of thiocarbonyl (C=S) groups is 1. The molecule has 0 radical (unpaired) electrons. The van der Waals surface area contributed by atoms with E-state index in [4.69, 9.17) is 22.7 Å². The molecule has 4 heteroatoms. The fourth-order valence-corrected chi connectivity index (χ4v) is 2.97. The van der Waals surface area contributed by atoms with Gasteiger partial charge in [-0.25, -0.2) is 0 Å². The van der Waals surface area contributed by atoms with Crippen LogP contribution < -0.4 is 15.4 Å². The third kappa shape index (κ3) is 3.06. The van der Waals surface area contributed by atoms with Gasteiger partial charge >= 0.3 is 0 Å². The van der Waals surface area contributed by atoms with Gasteiger partial charge in [0.25, 0.3) is 0 Å². The molecule has 0 aliphatic carbocycles. The van der Waals surface area contributed by atoms with Gasteiger partial charge in [0.2, 0.25) is 0 Å². The van der Waals surface area contributed by atoms with Crippen LogP contribution in [0.15, 0.2) is 18.2 Å². The molecule has 1 aromatic rings. The Morgan fingerprint density at radius 3 is 2.60 bits per heavy atom. The molecule has 1 unspecified atom stereocenters. The topological polar surface area (TPSA) is 38.5 Å². The van der Waals surface area contributed by atoms with E-state index in [2.05, 4.69) is 25.7 Å². The van der Waals surface area contributed by atoms with E-state index in [1.54, 1.807) is 7.11 Å². The minimum Gasteiger partial charge on any atom is -0.497 e. The molecule has 110 valence electrons. The summed E-state index contributed by atoms with van der Waals surface area (Å²) < 4.78 is 5.33. The van der Waals surface area contributed by atoms with E-state index < -0.39 is 0 Å². The molecule has 1 saturated heterocycles. The third-order valence-corrected chi connectivity index (χ3v) is 4.44. The lowest BCUT2D eigenvalue weighted by atomic mass is 9.80. The average Bonchev–Trinajstić information content (AvgIpc) is 2.87. The average molecular weight is 292 g/mol. The number of methoxy groups -OCH3 is 1. The minimum absolute atomic E-state index is 0.330. The number of hydrogen-bond acceptors (Lipinski definition) is 3. The minimum atomic E-state index is 0.330. The van der Waals surface area contributed by atoms with Crippen LogP contribution in [-0.4, -0.2) is 25.2 Å². The fourth-order valence-electron chi connectivity index (χ4n) is 2.79. The van der Waals surface area contributed by atoms with Crippen molar-refractivity contribution < 1.29 is 4.74 Å². The summed E-state index contributed by atoms with van der Waals surface area (Å²) in [6, 6.07) is 5.91. The van der Waals surface area contributed by atoms with Crippen molar-refractivity contribution in [2.75, 3.05) is 25.1 Å². The second-order valence-electron chi connectivity index (χ2n) is 6.54. The van der Waals surface area contributed by atoms with Gasteiger partial charge in [0.15, 0.2) is 0 Å². The molecule has 2 rings (SSSR count). The monoisotopic (exact) mass is 292 g/mol. The summed E-state index contributed by atoms with van der Waals surface area (Å²) in [5.41, 5.74) is 8.23. The van der Waals surface area contributed by atoms with Crippen LogP contribution in [-0.2, 0) is 0 Å². The van der Waals surface area contributed by atoms with Crippen molar-refractivity contribution in [3.05, 3.63) is 23.8 Å². The molecular formula is C16H24N2OS. The van der Waals surface area contributed by atoms with Crippen LogP contribution in [0.4, 0.5) is 5.69 Å². The number of hydrogen-bond donors (Lipinski definition) is 1. The molecule has 1 aromatic carbocycles. The fraction of sp³-hybridized carbons (Fsp3) is 0.562. The van der Waals surface area contributed by atoms with Gasteiger partial charge in [0, 0.05) is 24.7 Å². The number of rotatable bonds is 3. The first-order valence-corrected chi connectivity index (χ1v) is 7.46. The third-order valence-electron chi connectivity index (χ3n) is 4.22. The van der Waals surface area contributed by atoms with Crippen LogP contribution in [0, 0.1) is 11.3 Å². The molecule has 0 amide bonds. The smallest absolute Gasteiger partial charge is 0.120 e. The quantitative estimate of drug-likeness (QED) is 0.868. The number of ether oxygens (including phenoxy) is 1. The first-order valence-electron chi connectivity index (χ1n) is 7.05. The normalized spacial score (nSPS) is 19.2. The van der Waals surface area contributed by atoms with Crippen LogP contribution in [0.2, 0.25) is 0 Å². The molecule has 1 heterocycles. The first kappa shape index (κ1) is 15.1. The Morgan fingerprint density at radius 1 is 1.40 bits per heavy atom. The van der Waals surface area contributed by atoms with E-state index in [1.807, 2.05) is 18.2 Å². The van der Waals surface area contributed by atoms with Gasteiger partial charge in [-0.2, -0.15) is 0 Å². The van der Waals surface area contributed by atoms with Crippen molar-refractivity contribution in [1.82, 2.24) is 0 Å². The van der Waals surface area contributed by atoms with E-state index in [-0.39, 0.29) is 0 Å². The highest BCUT2D eigenvalue weighted by atomic mass is 32.1. The maximum absolute atomic E-state index is 5.86. The largest absolute Gasteiger partial charge is 0.497 e. The molecule has 1 fully saturated rings. The Labute approximate surface area is 127 Å². The Bertz CT molecular complexity index is 508. The van der Waals surface area contributed by atoms with E-state index in [0.29, 0.717) is 16.3 Å². The zero-order chi connectivity index (χ0) is 14.9. The maximum atomic E-state index is 5.86. The van der Waals surface area contributed by atoms with E-state index >= 15 is 0 Å². The lowest BCUT2D eigenvalue weighted by Gasteiger charge is -2.28. The van der Waals surface area contributed by atoms with Crippen molar-refractivity contribution >= 4 is 22.9 Å². The summed E-state index contributed by atoms with van der Waals surface area (Å²) >= 11 is 5.18. The van der Waals surface area contributed by atoms with Gasteiger partial charge in [0.1, 0.15) is 10.7 Å². The van der Waals surface area contributed by atoms with Gasteiger partial charge in [-0.05, 0) is 29.9 Å². The summed E-state index contributed by atoms with van der Waals surface area (Å²) in [5, 5.41) is 0. The Kier molecular flexibility index (Phi) is 4.23. The van der Waals surface area contributed by atoms with Gasteiger partial charge in [-0.3, -0.25) is 0 Å². The zero-order valence-corrected chi connectivity index (χ0v) is 13.6. The van der Waals surface area contributed by atoms with Crippen molar-refractivity contribution in [2.24, 2.45) is 17.1 Å². The summed E-state index contributed by atoms with van der Waals surface area (Å²) in [4.78, 5) is 2.83. The van der Waals surface area contributed by atoms with Gasteiger partial charge < -0.3 is 15.4 Å². The Morgan fingerprint density at radius 2 is 2.10 bits per heavy atom. The molecule has 20 heavy (non-hydrogen) atoms. The van der Waals surface area contributed by atoms with Gasteiger partial charge in [-0.15, -0.1) is 0 Å². The molecule has 1 atom stereocenters. The first-order chi connectivity index (χ1) is 9.32. The Balaban J connectivity index is 2.30. The molecule has 0 saturated carbocycles.